The van der Waals surface area contributed by atoms with Gasteiger partial charge in [-0.15, -0.1) is 0 Å². The molecule has 1 aromatic rings. The Bertz CT molecular complexity index is 730. The standard InChI is InChI=1S/C17H26N4O4S/c1-3-13(2)15(19-17(18)23)16(22)20-9-11-21(12-10-20)26(24,25)14-7-5-4-6-8-14/h4-8,13,15H,3,9-12H2,1-2H3,(H3,18,19,23). The molecule has 144 valence electrons. The zero-order chi connectivity index (χ0) is 19.3. The fourth-order valence-corrected chi connectivity index (χ4v) is 4.37. The molecule has 8 nitrogen and oxygen atoms in total. The third kappa shape index (κ3) is 4.53. The lowest BCUT2D eigenvalue weighted by Crippen LogP contribution is -2.57. The van der Waals surface area contributed by atoms with Gasteiger partial charge in [0.05, 0.1) is 4.90 Å². The Kier molecular flexibility index (Phi) is 6.60. The van der Waals surface area contributed by atoms with Gasteiger partial charge < -0.3 is 16.0 Å². The van der Waals surface area contributed by atoms with Crippen molar-refractivity contribution in [3.8, 4) is 0 Å². The Morgan fingerprint density at radius 2 is 1.73 bits per heavy atom. The number of primary amides is 1. The van der Waals surface area contributed by atoms with Crippen LogP contribution < -0.4 is 11.1 Å². The van der Waals surface area contributed by atoms with Crippen molar-refractivity contribution in [2.75, 3.05) is 26.2 Å². The first-order chi connectivity index (χ1) is 12.3. The molecule has 0 saturated carbocycles. The van der Waals surface area contributed by atoms with Gasteiger partial charge in [0.2, 0.25) is 15.9 Å². The van der Waals surface area contributed by atoms with Crippen LogP contribution in [0, 0.1) is 5.92 Å². The maximum atomic E-state index is 12.7. The van der Waals surface area contributed by atoms with Crippen molar-refractivity contribution in [1.29, 1.82) is 0 Å². The first kappa shape index (κ1) is 20.2. The van der Waals surface area contributed by atoms with Crippen molar-refractivity contribution in [1.82, 2.24) is 14.5 Å². The molecule has 9 heteroatoms. The van der Waals surface area contributed by atoms with Crippen LogP contribution in [0.1, 0.15) is 20.3 Å². The van der Waals surface area contributed by atoms with Crippen LogP contribution in [0.25, 0.3) is 0 Å². The minimum atomic E-state index is -3.57. The lowest BCUT2D eigenvalue weighted by atomic mass is 9.97. The number of hydrogen-bond acceptors (Lipinski definition) is 4. The molecule has 1 aromatic carbocycles. The van der Waals surface area contributed by atoms with Gasteiger partial charge in [-0.1, -0.05) is 38.5 Å². The highest BCUT2D eigenvalue weighted by Crippen LogP contribution is 2.18. The molecule has 1 aliphatic rings. The van der Waals surface area contributed by atoms with Crippen molar-refractivity contribution in [3.05, 3.63) is 30.3 Å². The van der Waals surface area contributed by atoms with Gasteiger partial charge >= 0.3 is 6.03 Å². The van der Waals surface area contributed by atoms with E-state index in [4.69, 9.17) is 5.73 Å². The zero-order valence-electron chi connectivity index (χ0n) is 15.1. The molecule has 3 amide bonds. The van der Waals surface area contributed by atoms with E-state index in [1.807, 2.05) is 13.8 Å². The molecular weight excluding hydrogens is 356 g/mol. The highest BCUT2D eigenvalue weighted by atomic mass is 32.2. The topological polar surface area (TPSA) is 113 Å². The van der Waals surface area contributed by atoms with E-state index < -0.39 is 22.1 Å². The predicted octanol–water partition coefficient (Wildman–Crippen LogP) is 0.603. The van der Waals surface area contributed by atoms with Gasteiger partial charge in [0.25, 0.3) is 0 Å². The summed E-state index contributed by atoms with van der Waals surface area (Å²) in [6, 6.07) is 6.79. The fraction of sp³-hybridized carbons (Fsp3) is 0.529. The van der Waals surface area contributed by atoms with Crippen molar-refractivity contribution in [3.63, 3.8) is 0 Å². The number of rotatable bonds is 6. The van der Waals surface area contributed by atoms with Crippen LogP contribution in [0.3, 0.4) is 0 Å². The number of nitrogens with one attached hydrogen (secondary N) is 1. The lowest BCUT2D eigenvalue weighted by molar-refractivity contribution is -0.135. The fourth-order valence-electron chi connectivity index (χ4n) is 2.92. The van der Waals surface area contributed by atoms with Crippen molar-refractivity contribution >= 4 is 22.0 Å². The van der Waals surface area contributed by atoms with Gasteiger partial charge in [0, 0.05) is 26.2 Å². The van der Waals surface area contributed by atoms with Crippen molar-refractivity contribution < 1.29 is 18.0 Å². The molecule has 1 fully saturated rings. The molecule has 0 aromatic heterocycles. The van der Waals surface area contributed by atoms with E-state index in [1.165, 1.54) is 4.31 Å². The molecule has 0 radical (unpaired) electrons. The number of carbonyl (C=O) groups is 2. The summed E-state index contributed by atoms with van der Waals surface area (Å²) in [5.41, 5.74) is 5.19. The van der Waals surface area contributed by atoms with Crippen LogP contribution in [-0.2, 0) is 14.8 Å². The number of hydrogen-bond donors (Lipinski definition) is 2. The highest BCUT2D eigenvalue weighted by molar-refractivity contribution is 7.89. The largest absolute Gasteiger partial charge is 0.352 e. The highest BCUT2D eigenvalue weighted by Gasteiger charge is 2.34. The number of piperazine rings is 1. The summed E-state index contributed by atoms with van der Waals surface area (Å²) in [5, 5.41) is 2.51. The second-order valence-corrected chi connectivity index (χ2v) is 8.35. The third-order valence-corrected chi connectivity index (χ3v) is 6.62. The molecule has 0 spiro atoms. The van der Waals surface area contributed by atoms with E-state index in [0.717, 1.165) is 0 Å². The van der Waals surface area contributed by atoms with E-state index in [0.29, 0.717) is 6.42 Å². The quantitative estimate of drug-likeness (QED) is 0.750. The van der Waals surface area contributed by atoms with Crippen LogP contribution in [0.5, 0.6) is 0 Å². The first-order valence-corrected chi connectivity index (χ1v) is 10.1. The minimum Gasteiger partial charge on any atom is -0.352 e. The molecule has 1 heterocycles. The summed E-state index contributed by atoms with van der Waals surface area (Å²) in [6.45, 7) is 4.78. The van der Waals surface area contributed by atoms with Crippen LogP contribution in [0.15, 0.2) is 35.2 Å². The molecule has 0 aliphatic carbocycles. The summed E-state index contributed by atoms with van der Waals surface area (Å²) in [6.07, 6.45) is 0.707. The van der Waals surface area contributed by atoms with Crippen molar-refractivity contribution in [2.45, 2.75) is 31.2 Å². The average Bonchev–Trinajstić information content (AvgIpc) is 2.65. The van der Waals surface area contributed by atoms with Crippen LogP contribution in [0.2, 0.25) is 0 Å². The Morgan fingerprint density at radius 1 is 1.15 bits per heavy atom. The van der Waals surface area contributed by atoms with Gasteiger partial charge in [-0.2, -0.15) is 4.31 Å². The average molecular weight is 382 g/mol. The maximum Gasteiger partial charge on any atom is 0.312 e. The molecule has 2 unspecified atom stereocenters. The van der Waals surface area contributed by atoms with E-state index in [-0.39, 0.29) is 42.9 Å². The smallest absolute Gasteiger partial charge is 0.312 e. The van der Waals surface area contributed by atoms with Gasteiger partial charge in [-0.05, 0) is 18.1 Å². The summed E-state index contributed by atoms with van der Waals surface area (Å²) in [4.78, 5) is 25.8. The Labute approximate surface area is 154 Å². The summed E-state index contributed by atoms with van der Waals surface area (Å²) in [5.74, 6) is -0.295. The number of carbonyl (C=O) groups excluding carboxylic acids is 2. The molecule has 2 rings (SSSR count). The van der Waals surface area contributed by atoms with E-state index in [1.54, 1.807) is 35.2 Å². The Balaban J connectivity index is 2.05. The normalized spacial score (nSPS) is 18.2. The van der Waals surface area contributed by atoms with E-state index in [9.17, 15) is 18.0 Å². The molecule has 0 bridgehead atoms. The van der Waals surface area contributed by atoms with Crippen LogP contribution >= 0.6 is 0 Å². The lowest BCUT2D eigenvalue weighted by Gasteiger charge is -2.36. The van der Waals surface area contributed by atoms with Crippen LogP contribution in [0.4, 0.5) is 4.79 Å². The number of amides is 3. The van der Waals surface area contributed by atoms with Crippen molar-refractivity contribution in [2.24, 2.45) is 11.7 Å². The first-order valence-electron chi connectivity index (χ1n) is 8.67. The summed E-state index contributed by atoms with van der Waals surface area (Å²) in [7, 11) is -3.57. The third-order valence-electron chi connectivity index (χ3n) is 4.71. The number of urea groups is 1. The van der Waals surface area contributed by atoms with E-state index >= 15 is 0 Å². The Morgan fingerprint density at radius 3 is 2.23 bits per heavy atom. The number of nitrogens with two attached hydrogens (primary N) is 1. The molecule has 3 N–H and O–H groups in total. The minimum absolute atomic E-state index is 0.0684. The monoisotopic (exact) mass is 382 g/mol. The van der Waals surface area contributed by atoms with Gasteiger partial charge in [-0.3, -0.25) is 4.79 Å². The van der Waals surface area contributed by atoms with Crippen LogP contribution in [-0.4, -0.2) is 61.8 Å². The molecule has 26 heavy (non-hydrogen) atoms. The molecule has 1 saturated heterocycles. The van der Waals surface area contributed by atoms with Gasteiger partial charge in [0.1, 0.15) is 6.04 Å². The maximum absolute atomic E-state index is 12.7. The van der Waals surface area contributed by atoms with Gasteiger partial charge in [-0.25, -0.2) is 13.2 Å². The number of sulfonamides is 1. The molecular formula is C17H26N4O4S. The van der Waals surface area contributed by atoms with Gasteiger partial charge in [0.15, 0.2) is 0 Å². The second kappa shape index (κ2) is 8.50. The predicted molar refractivity (Wildman–Crippen MR) is 97.7 cm³/mol. The SMILES string of the molecule is CCC(C)C(NC(N)=O)C(=O)N1CCN(S(=O)(=O)c2ccccc2)CC1. The summed E-state index contributed by atoms with van der Waals surface area (Å²) >= 11 is 0. The number of benzene rings is 1. The Hall–Kier alpha value is -2.13. The zero-order valence-corrected chi connectivity index (χ0v) is 15.9. The molecule has 2 atom stereocenters. The number of nitrogens with zero attached hydrogens (tertiary/aromatic N) is 2. The summed E-state index contributed by atoms with van der Waals surface area (Å²) < 4.78 is 26.7. The molecule has 1 aliphatic heterocycles. The second-order valence-electron chi connectivity index (χ2n) is 6.41. The van der Waals surface area contributed by atoms with E-state index in [2.05, 4.69) is 5.32 Å².